The van der Waals surface area contributed by atoms with Gasteiger partial charge in [-0.05, 0) is 18.1 Å². The van der Waals surface area contributed by atoms with E-state index in [1.807, 2.05) is 13.8 Å². The highest BCUT2D eigenvalue weighted by Crippen LogP contribution is 2.29. The zero-order valence-corrected chi connectivity index (χ0v) is 12.8. The Labute approximate surface area is 127 Å². The molecule has 0 spiro atoms. The van der Waals surface area contributed by atoms with Crippen molar-refractivity contribution in [2.75, 3.05) is 11.9 Å². The van der Waals surface area contributed by atoms with Gasteiger partial charge in [0.2, 0.25) is 11.8 Å². The Bertz CT molecular complexity index is 486. The molecular formula is C13H17Cl2N3O2. The molecule has 0 unspecified atom stereocenters. The third-order valence-electron chi connectivity index (χ3n) is 2.67. The Morgan fingerprint density at radius 1 is 1.25 bits per heavy atom. The van der Waals surface area contributed by atoms with Gasteiger partial charge in [0.25, 0.3) is 0 Å². The lowest BCUT2D eigenvalue weighted by molar-refractivity contribution is -0.125. The van der Waals surface area contributed by atoms with E-state index >= 15 is 0 Å². The Hall–Kier alpha value is -1.30. The quantitative estimate of drug-likeness (QED) is 0.777. The van der Waals surface area contributed by atoms with E-state index in [2.05, 4.69) is 10.6 Å². The van der Waals surface area contributed by atoms with Crippen LogP contribution >= 0.6 is 23.2 Å². The first-order chi connectivity index (χ1) is 9.32. The van der Waals surface area contributed by atoms with Crippen LogP contribution in [-0.4, -0.2) is 24.4 Å². The van der Waals surface area contributed by atoms with Gasteiger partial charge in [-0.1, -0.05) is 43.1 Å². The van der Waals surface area contributed by atoms with Crippen LogP contribution in [0.1, 0.15) is 13.8 Å². The number of carbonyl (C=O) groups excluding carboxylic acids is 2. The molecule has 0 aliphatic carbocycles. The highest BCUT2D eigenvalue weighted by Gasteiger charge is 2.18. The summed E-state index contributed by atoms with van der Waals surface area (Å²) in [5.41, 5.74) is 5.98. The van der Waals surface area contributed by atoms with E-state index < -0.39 is 11.9 Å². The number of benzene rings is 1. The van der Waals surface area contributed by atoms with E-state index in [4.69, 9.17) is 28.9 Å². The summed E-state index contributed by atoms with van der Waals surface area (Å²) >= 11 is 11.8. The van der Waals surface area contributed by atoms with Gasteiger partial charge in [-0.3, -0.25) is 9.59 Å². The van der Waals surface area contributed by atoms with Gasteiger partial charge < -0.3 is 16.4 Å². The molecule has 0 aliphatic rings. The van der Waals surface area contributed by atoms with E-state index in [1.54, 1.807) is 18.2 Å². The van der Waals surface area contributed by atoms with Crippen molar-refractivity contribution < 1.29 is 9.59 Å². The standard InChI is InChI=1S/C13H17Cl2N3O2/c1-7(2)11(16)13(20)17-6-10(19)18-12-8(14)4-3-5-9(12)15/h3-5,7,11H,6,16H2,1-2H3,(H,17,20)(H,18,19)/t11-/m0/s1. The van der Waals surface area contributed by atoms with Crippen molar-refractivity contribution >= 4 is 40.7 Å². The number of carbonyl (C=O) groups is 2. The summed E-state index contributed by atoms with van der Waals surface area (Å²) in [5, 5.41) is 5.66. The maximum absolute atomic E-state index is 11.7. The largest absolute Gasteiger partial charge is 0.346 e. The predicted octanol–water partition coefficient (Wildman–Crippen LogP) is 2.03. The molecule has 0 aromatic heterocycles. The maximum atomic E-state index is 11.7. The van der Waals surface area contributed by atoms with Crippen LogP contribution in [0.15, 0.2) is 18.2 Å². The number of hydrogen-bond donors (Lipinski definition) is 3. The minimum absolute atomic E-state index is 0.00364. The molecule has 7 heteroatoms. The second-order valence-electron chi connectivity index (χ2n) is 4.63. The van der Waals surface area contributed by atoms with Crippen molar-refractivity contribution in [1.82, 2.24) is 5.32 Å². The predicted molar refractivity (Wildman–Crippen MR) is 80.9 cm³/mol. The SMILES string of the molecule is CC(C)[C@H](N)C(=O)NCC(=O)Nc1c(Cl)cccc1Cl. The summed E-state index contributed by atoms with van der Waals surface area (Å²) in [4.78, 5) is 23.3. The summed E-state index contributed by atoms with van der Waals surface area (Å²) in [5.74, 6) is -0.805. The molecule has 0 heterocycles. The van der Waals surface area contributed by atoms with E-state index in [0.717, 1.165) is 0 Å². The summed E-state index contributed by atoms with van der Waals surface area (Å²) in [6, 6.07) is 4.24. The molecular weight excluding hydrogens is 301 g/mol. The van der Waals surface area contributed by atoms with Gasteiger partial charge in [0.05, 0.1) is 28.3 Å². The lowest BCUT2D eigenvalue weighted by Gasteiger charge is -2.15. The smallest absolute Gasteiger partial charge is 0.243 e. The fraction of sp³-hybridized carbons (Fsp3) is 0.385. The maximum Gasteiger partial charge on any atom is 0.243 e. The molecule has 1 aromatic rings. The van der Waals surface area contributed by atoms with Crippen LogP contribution in [-0.2, 0) is 9.59 Å². The van der Waals surface area contributed by atoms with Crippen LogP contribution in [0.4, 0.5) is 5.69 Å². The number of amides is 2. The van der Waals surface area contributed by atoms with Gasteiger partial charge in [0.15, 0.2) is 0 Å². The van der Waals surface area contributed by atoms with Gasteiger partial charge in [0.1, 0.15) is 0 Å². The van der Waals surface area contributed by atoms with Gasteiger partial charge in [0, 0.05) is 0 Å². The zero-order chi connectivity index (χ0) is 15.3. The highest BCUT2D eigenvalue weighted by atomic mass is 35.5. The molecule has 0 radical (unpaired) electrons. The second-order valence-corrected chi connectivity index (χ2v) is 5.45. The van der Waals surface area contributed by atoms with E-state index in [0.29, 0.717) is 15.7 Å². The molecule has 0 saturated heterocycles. The first-order valence-electron chi connectivity index (χ1n) is 6.10. The third-order valence-corrected chi connectivity index (χ3v) is 3.30. The molecule has 1 atom stereocenters. The van der Waals surface area contributed by atoms with Crippen molar-refractivity contribution in [2.24, 2.45) is 11.7 Å². The van der Waals surface area contributed by atoms with Crippen molar-refractivity contribution in [3.05, 3.63) is 28.2 Å². The fourth-order valence-corrected chi connectivity index (χ4v) is 1.88. The zero-order valence-electron chi connectivity index (χ0n) is 11.2. The van der Waals surface area contributed by atoms with Crippen molar-refractivity contribution in [3.63, 3.8) is 0 Å². The van der Waals surface area contributed by atoms with E-state index in [-0.39, 0.29) is 18.4 Å². The van der Waals surface area contributed by atoms with Gasteiger partial charge in [-0.2, -0.15) is 0 Å². The van der Waals surface area contributed by atoms with Gasteiger partial charge >= 0.3 is 0 Å². The van der Waals surface area contributed by atoms with Crippen molar-refractivity contribution in [3.8, 4) is 0 Å². The summed E-state index contributed by atoms with van der Waals surface area (Å²) in [7, 11) is 0. The number of rotatable bonds is 5. The Morgan fingerprint density at radius 3 is 2.30 bits per heavy atom. The van der Waals surface area contributed by atoms with Crippen LogP contribution in [0, 0.1) is 5.92 Å². The number of halogens is 2. The number of nitrogens with one attached hydrogen (secondary N) is 2. The lowest BCUT2D eigenvalue weighted by Crippen LogP contribution is -2.46. The molecule has 5 nitrogen and oxygen atoms in total. The number of para-hydroxylation sites is 1. The van der Waals surface area contributed by atoms with Crippen LogP contribution in [0.3, 0.4) is 0 Å². The van der Waals surface area contributed by atoms with Crippen LogP contribution in [0.5, 0.6) is 0 Å². The molecule has 0 aliphatic heterocycles. The Kier molecular flexibility index (Phi) is 6.26. The monoisotopic (exact) mass is 317 g/mol. The molecule has 110 valence electrons. The molecule has 0 bridgehead atoms. The van der Waals surface area contributed by atoms with Gasteiger partial charge in [-0.15, -0.1) is 0 Å². The van der Waals surface area contributed by atoms with Crippen LogP contribution < -0.4 is 16.4 Å². The van der Waals surface area contributed by atoms with Crippen molar-refractivity contribution in [2.45, 2.75) is 19.9 Å². The average molecular weight is 318 g/mol. The first-order valence-corrected chi connectivity index (χ1v) is 6.85. The number of anilines is 1. The molecule has 0 saturated carbocycles. The lowest BCUT2D eigenvalue weighted by atomic mass is 10.1. The molecule has 20 heavy (non-hydrogen) atoms. The summed E-state index contributed by atoms with van der Waals surface area (Å²) in [6.45, 7) is 3.46. The molecule has 1 rings (SSSR count). The first kappa shape index (κ1) is 16.8. The minimum atomic E-state index is -0.647. The average Bonchev–Trinajstić information content (AvgIpc) is 2.39. The topological polar surface area (TPSA) is 84.2 Å². The Balaban J connectivity index is 2.55. The van der Waals surface area contributed by atoms with E-state index in [1.165, 1.54) is 0 Å². The molecule has 2 amide bonds. The number of hydrogen-bond acceptors (Lipinski definition) is 3. The Morgan fingerprint density at radius 2 is 1.80 bits per heavy atom. The van der Waals surface area contributed by atoms with E-state index in [9.17, 15) is 9.59 Å². The summed E-state index contributed by atoms with van der Waals surface area (Å²) < 4.78 is 0. The minimum Gasteiger partial charge on any atom is -0.346 e. The molecule has 0 fully saturated rings. The second kappa shape index (κ2) is 7.47. The molecule has 1 aromatic carbocycles. The number of nitrogens with two attached hydrogens (primary N) is 1. The summed E-state index contributed by atoms with van der Waals surface area (Å²) in [6.07, 6.45) is 0. The van der Waals surface area contributed by atoms with Crippen LogP contribution in [0.2, 0.25) is 10.0 Å². The van der Waals surface area contributed by atoms with Crippen molar-refractivity contribution in [1.29, 1.82) is 0 Å². The fourth-order valence-electron chi connectivity index (χ4n) is 1.39. The highest BCUT2D eigenvalue weighted by molar-refractivity contribution is 6.39. The van der Waals surface area contributed by atoms with Gasteiger partial charge in [-0.25, -0.2) is 0 Å². The normalized spacial score (nSPS) is 12.1. The molecule has 4 N–H and O–H groups in total. The van der Waals surface area contributed by atoms with Crippen LogP contribution in [0.25, 0.3) is 0 Å². The third kappa shape index (κ3) is 4.67.